The lowest BCUT2D eigenvalue weighted by Crippen LogP contribution is -2.66. The standard InChI is InChI=1S/C10H14NO2/c1-2-11-8(12)10(9(11)13)6-4-3-5-7-10/h1-7H2. The molecule has 1 saturated carbocycles. The number of hydrogen-bond acceptors (Lipinski definition) is 2. The van der Waals surface area contributed by atoms with Crippen molar-refractivity contribution in [1.82, 2.24) is 4.90 Å². The predicted octanol–water partition coefficient (Wildman–Crippen LogP) is 1.14. The summed E-state index contributed by atoms with van der Waals surface area (Å²) in [5, 5.41) is 0. The number of amides is 2. The second kappa shape index (κ2) is 2.82. The molecule has 1 aliphatic heterocycles. The minimum absolute atomic E-state index is 0.0206. The van der Waals surface area contributed by atoms with Crippen LogP contribution in [0.4, 0.5) is 0 Å². The summed E-state index contributed by atoms with van der Waals surface area (Å²) in [6.45, 7) is 3.86. The van der Waals surface area contributed by atoms with Crippen LogP contribution >= 0.6 is 0 Å². The van der Waals surface area contributed by atoms with Crippen LogP contribution in [-0.2, 0) is 9.59 Å². The van der Waals surface area contributed by atoms with E-state index in [1.54, 1.807) is 0 Å². The van der Waals surface area contributed by atoms with Gasteiger partial charge in [-0.1, -0.05) is 19.3 Å². The molecule has 0 bridgehead atoms. The summed E-state index contributed by atoms with van der Waals surface area (Å²) in [6, 6.07) is 0. The molecule has 0 aromatic carbocycles. The Morgan fingerprint density at radius 2 is 1.69 bits per heavy atom. The number of carbonyl (C=O) groups is 2. The molecule has 1 spiro atoms. The van der Waals surface area contributed by atoms with E-state index in [9.17, 15) is 9.59 Å². The molecule has 1 heterocycles. The highest BCUT2D eigenvalue weighted by molar-refractivity contribution is 6.21. The van der Waals surface area contributed by atoms with Crippen molar-refractivity contribution < 1.29 is 9.59 Å². The van der Waals surface area contributed by atoms with E-state index < -0.39 is 5.41 Å². The molecule has 2 fully saturated rings. The molecule has 0 unspecified atom stereocenters. The van der Waals surface area contributed by atoms with Gasteiger partial charge >= 0.3 is 0 Å². The first-order valence-corrected chi connectivity index (χ1v) is 4.88. The Morgan fingerprint density at radius 3 is 2.15 bits per heavy atom. The van der Waals surface area contributed by atoms with Crippen molar-refractivity contribution in [3.8, 4) is 0 Å². The smallest absolute Gasteiger partial charge is 0.244 e. The first-order valence-electron chi connectivity index (χ1n) is 4.88. The van der Waals surface area contributed by atoms with E-state index in [1.807, 2.05) is 0 Å². The zero-order chi connectivity index (χ0) is 9.47. The fraction of sp³-hybridized carbons (Fsp3) is 0.700. The number of imide groups is 1. The first-order chi connectivity index (χ1) is 6.22. The summed E-state index contributed by atoms with van der Waals surface area (Å²) >= 11 is 0. The maximum atomic E-state index is 11.6. The van der Waals surface area contributed by atoms with Gasteiger partial charge in [-0.3, -0.25) is 14.5 Å². The fourth-order valence-electron chi connectivity index (χ4n) is 2.43. The predicted molar refractivity (Wildman–Crippen MR) is 47.6 cm³/mol. The summed E-state index contributed by atoms with van der Waals surface area (Å²) in [4.78, 5) is 24.6. The molecule has 1 aliphatic carbocycles. The third-order valence-electron chi connectivity index (χ3n) is 3.24. The van der Waals surface area contributed by atoms with E-state index in [0.29, 0.717) is 6.54 Å². The summed E-state index contributed by atoms with van der Waals surface area (Å²) in [5.41, 5.74) is -0.601. The molecule has 3 heteroatoms. The van der Waals surface area contributed by atoms with Gasteiger partial charge in [0.1, 0.15) is 5.41 Å². The van der Waals surface area contributed by atoms with Crippen molar-refractivity contribution in [1.29, 1.82) is 0 Å². The van der Waals surface area contributed by atoms with Gasteiger partial charge in [-0.25, -0.2) is 0 Å². The van der Waals surface area contributed by atoms with Crippen LogP contribution in [0.3, 0.4) is 0 Å². The van der Waals surface area contributed by atoms with Gasteiger partial charge in [-0.05, 0) is 19.8 Å². The minimum Gasteiger partial charge on any atom is -0.281 e. The Kier molecular flexibility index (Phi) is 1.90. The molecule has 0 atom stereocenters. The van der Waals surface area contributed by atoms with Crippen molar-refractivity contribution in [2.24, 2.45) is 5.41 Å². The van der Waals surface area contributed by atoms with Crippen LogP contribution in [0, 0.1) is 12.3 Å². The molecule has 0 aromatic heterocycles. The molecule has 1 radical (unpaired) electrons. The Bertz CT molecular complexity index is 236. The summed E-state index contributed by atoms with van der Waals surface area (Å²) in [7, 11) is 0. The Labute approximate surface area is 78.1 Å². The van der Waals surface area contributed by atoms with Crippen molar-refractivity contribution >= 4 is 11.8 Å². The molecule has 2 aliphatic rings. The average Bonchev–Trinajstić information content (AvgIpc) is 2.20. The van der Waals surface area contributed by atoms with Gasteiger partial charge in [-0.2, -0.15) is 0 Å². The topological polar surface area (TPSA) is 37.4 Å². The number of carbonyl (C=O) groups excluding carboxylic acids is 2. The molecule has 2 amide bonds. The summed E-state index contributed by atoms with van der Waals surface area (Å²) < 4.78 is 0. The molecule has 3 nitrogen and oxygen atoms in total. The molecule has 71 valence electrons. The molecular formula is C10H14NO2. The first kappa shape index (κ1) is 8.73. The van der Waals surface area contributed by atoms with E-state index in [1.165, 1.54) is 4.90 Å². The largest absolute Gasteiger partial charge is 0.281 e. The van der Waals surface area contributed by atoms with Crippen LogP contribution in [0.2, 0.25) is 0 Å². The van der Waals surface area contributed by atoms with E-state index >= 15 is 0 Å². The zero-order valence-corrected chi connectivity index (χ0v) is 7.71. The summed E-state index contributed by atoms with van der Waals surface area (Å²) in [5.74, 6) is 0.0411. The molecule has 13 heavy (non-hydrogen) atoms. The number of likely N-dealkylation sites (tertiary alicyclic amines) is 1. The highest BCUT2D eigenvalue weighted by Gasteiger charge is 2.59. The number of hydrogen-bond donors (Lipinski definition) is 0. The number of nitrogens with zero attached hydrogens (tertiary/aromatic N) is 1. The Morgan fingerprint density at radius 1 is 1.15 bits per heavy atom. The van der Waals surface area contributed by atoms with Crippen molar-refractivity contribution in [3.63, 3.8) is 0 Å². The SMILES string of the molecule is [CH2]CN1C(=O)C2(CCCCC2)C1=O. The average molecular weight is 180 g/mol. The van der Waals surface area contributed by atoms with Crippen LogP contribution in [0.25, 0.3) is 0 Å². The van der Waals surface area contributed by atoms with Crippen LogP contribution in [0.5, 0.6) is 0 Å². The third kappa shape index (κ3) is 0.960. The highest BCUT2D eigenvalue weighted by atomic mass is 16.2. The third-order valence-corrected chi connectivity index (χ3v) is 3.24. The van der Waals surface area contributed by atoms with Gasteiger partial charge in [0, 0.05) is 6.54 Å². The fourth-order valence-corrected chi connectivity index (χ4v) is 2.43. The van der Waals surface area contributed by atoms with E-state index in [0.717, 1.165) is 32.1 Å². The van der Waals surface area contributed by atoms with Gasteiger partial charge in [-0.15, -0.1) is 0 Å². The molecular weight excluding hydrogens is 166 g/mol. The lowest BCUT2D eigenvalue weighted by atomic mass is 9.67. The maximum Gasteiger partial charge on any atom is 0.244 e. The van der Waals surface area contributed by atoms with Gasteiger partial charge in [0.15, 0.2) is 0 Å². The lowest BCUT2D eigenvalue weighted by molar-refractivity contribution is -0.178. The van der Waals surface area contributed by atoms with Crippen LogP contribution in [0.15, 0.2) is 0 Å². The Balaban J connectivity index is 2.16. The zero-order valence-electron chi connectivity index (χ0n) is 7.71. The quantitative estimate of drug-likeness (QED) is 0.448. The summed E-state index contributed by atoms with van der Waals surface area (Å²) in [6.07, 6.45) is 4.72. The molecule has 1 saturated heterocycles. The second-order valence-corrected chi connectivity index (χ2v) is 3.90. The number of rotatable bonds is 1. The van der Waals surface area contributed by atoms with E-state index in [4.69, 9.17) is 0 Å². The van der Waals surface area contributed by atoms with E-state index in [-0.39, 0.29) is 11.8 Å². The van der Waals surface area contributed by atoms with Gasteiger partial charge < -0.3 is 0 Å². The monoisotopic (exact) mass is 180 g/mol. The normalized spacial score (nSPS) is 26.4. The maximum absolute atomic E-state index is 11.6. The molecule has 0 aromatic rings. The van der Waals surface area contributed by atoms with Crippen LogP contribution in [-0.4, -0.2) is 23.3 Å². The number of β-lactam (4-membered cyclic amide) rings is 2. The second-order valence-electron chi connectivity index (χ2n) is 3.90. The van der Waals surface area contributed by atoms with Crippen molar-refractivity contribution in [2.75, 3.05) is 6.54 Å². The van der Waals surface area contributed by atoms with Gasteiger partial charge in [0.2, 0.25) is 11.8 Å². The lowest BCUT2D eigenvalue weighted by Gasteiger charge is -2.47. The molecule has 2 rings (SSSR count). The minimum atomic E-state index is -0.601. The highest BCUT2D eigenvalue weighted by Crippen LogP contribution is 2.45. The van der Waals surface area contributed by atoms with Gasteiger partial charge in [0.05, 0.1) is 0 Å². The van der Waals surface area contributed by atoms with Crippen molar-refractivity contribution in [3.05, 3.63) is 6.92 Å². The Hall–Kier alpha value is -0.860. The van der Waals surface area contributed by atoms with Gasteiger partial charge in [0.25, 0.3) is 0 Å². The van der Waals surface area contributed by atoms with Crippen LogP contribution < -0.4 is 0 Å². The van der Waals surface area contributed by atoms with Crippen LogP contribution in [0.1, 0.15) is 32.1 Å². The van der Waals surface area contributed by atoms with Crippen molar-refractivity contribution in [2.45, 2.75) is 32.1 Å². The van der Waals surface area contributed by atoms with E-state index in [2.05, 4.69) is 6.92 Å². The molecule has 0 N–H and O–H groups in total.